The number of methoxy groups -OCH3 is 1. The van der Waals surface area contributed by atoms with Gasteiger partial charge in [-0.15, -0.1) is 0 Å². The first-order chi connectivity index (χ1) is 16.8. The highest BCUT2D eigenvalue weighted by atomic mass is 35.5. The third-order valence-corrected chi connectivity index (χ3v) is 5.66. The SMILES string of the molecule is COC(=O)c1ccc(NC(=O)c2ccc(NC3=C(Cl)C(=O)N(c4cccc(Cl)c4)C3=O)cc2)cc1. The molecule has 0 atom stereocenters. The normalized spacial score (nSPS) is 13.2. The first-order valence-electron chi connectivity index (χ1n) is 10.2. The van der Waals surface area contributed by atoms with Gasteiger partial charge in [-0.1, -0.05) is 29.3 Å². The highest BCUT2D eigenvalue weighted by molar-refractivity contribution is 6.53. The van der Waals surface area contributed by atoms with E-state index < -0.39 is 17.8 Å². The average Bonchev–Trinajstić information content (AvgIpc) is 3.07. The van der Waals surface area contributed by atoms with Gasteiger partial charge in [0.1, 0.15) is 10.7 Å². The van der Waals surface area contributed by atoms with E-state index in [0.29, 0.717) is 33.2 Å². The van der Waals surface area contributed by atoms with E-state index in [1.165, 1.54) is 13.2 Å². The summed E-state index contributed by atoms with van der Waals surface area (Å²) in [7, 11) is 1.29. The Bertz CT molecular complexity index is 1370. The van der Waals surface area contributed by atoms with Crippen LogP contribution < -0.4 is 15.5 Å². The lowest BCUT2D eigenvalue weighted by molar-refractivity contribution is -0.120. The fourth-order valence-corrected chi connectivity index (χ4v) is 3.72. The van der Waals surface area contributed by atoms with Crippen molar-refractivity contribution < 1.29 is 23.9 Å². The Balaban J connectivity index is 1.44. The molecule has 1 aliphatic heterocycles. The molecular weight excluding hydrogens is 493 g/mol. The molecule has 0 spiro atoms. The van der Waals surface area contributed by atoms with Crippen LogP contribution >= 0.6 is 23.2 Å². The molecule has 176 valence electrons. The third-order valence-electron chi connectivity index (χ3n) is 5.07. The predicted molar refractivity (Wildman–Crippen MR) is 133 cm³/mol. The van der Waals surface area contributed by atoms with Gasteiger partial charge < -0.3 is 15.4 Å². The number of carbonyl (C=O) groups excluding carboxylic acids is 4. The van der Waals surface area contributed by atoms with Gasteiger partial charge in [-0.2, -0.15) is 0 Å². The lowest BCUT2D eigenvalue weighted by Crippen LogP contribution is -2.32. The van der Waals surface area contributed by atoms with E-state index in [-0.39, 0.29) is 16.6 Å². The molecule has 0 unspecified atom stereocenters. The van der Waals surface area contributed by atoms with Gasteiger partial charge in [0.2, 0.25) is 0 Å². The quantitative estimate of drug-likeness (QED) is 0.364. The van der Waals surface area contributed by atoms with Crippen molar-refractivity contribution in [3.05, 3.63) is 99.7 Å². The number of halogens is 2. The number of hydrogen-bond acceptors (Lipinski definition) is 6. The van der Waals surface area contributed by atoms with E-state index >= 15 is 0 Å². The van der Waals surface area contributed by atoms with Gasteiger partial charge in [0.25, 0.3) is 17.7 Å². The van der Waals surface area contributed by atoms with Crippen LogP contribution in [0.5, 0.6) is 0 Å². The zero-order valence-electron chi connectivity index (χ0n) is 18.2. The van der Waals surface area contributed by atoms with Gasteiger partial charge in [-0.05, 0) is 66.7 Å². The Morgan fingerprint density at radius 1 is 0.829 bits per heavy atom. The fourth-order valence-electron chi connectivity index (χ4n) is 3.32. The van der Waals surface area contributed by atoms with Crippen LogP contribution in [0.3, 0.4) is 0 Å². The maximum Gasteiger partial charge on any atom is 0.337 e. The van der Waals surface area contributed by atoms with Crippen LogP contribution in [0.2, 0.25) is 5.02 Å². The monoisotopic (exact) mass is 509 g/mol. The highest BCUT2D eigenvalue weighted by Gasteiger charge is 2.39. The van der Waals surface area contributed by atoms with Crippen molar-refractivity contribution in [2.24, 2.45) is 0 Å². The number of nitrogens with zero attached hydrogens (tertiary/aromatic N) is 1. The smallest absolute Gasteiger partial charge is 0.337 e. The third kappa shape index (κ3) is 5.03. The maximum absolute atomic E-state index is 12.9. The van der Waals surface area contributed by atoms with Crippen LogP contribution in [0.25, 0.3) is 0 Å². The number of imide groups is 1. The van der Waals surface area contributed by atoms with Crippen molar-refractivity contribution in [3.63, 3.8) is 0 Å². The van der Waals surface area contributed by atoms with Crippen molar-refractivity contribution in [2.75, 3.05) is 22.6 Å². The molecule has 3 aromatic carbocycles. The van der Waals surface area contributed by atoms with Crippen LogP contribution in [-0.4, -0.2) is 30.8 Å². The van der Waals surface area contributed by atoms with Gasteiger partial charge in [-0.25, -0.2) is 9.69 Å². The molecule has 0 saturated carbocycles. The molecule has 3 amide bonds. The summed E-state index contributed by atoms with van der Waals surface area (Å²) in [6.45, 7) is 0. The Labute approximate surface area is 210 Å². The minimum atomic E-state index is -0.671. The summed E-state index contributed by atoms with van der Waals surface area (Å²) >= 11 is 12.1. The molecular formula is C25H17Cl2N3O5. The lowest BCUT2D eigenvalue weighted by Gasteiger charge is -2.15. The van der Waals surface area contributed by atoms with Crippen molar-refractivity contribution in [3.8, 4) is 0 Å². The minimum Gasteiger partial charge on any atom is -0.465 e. The predicted octanol–water partition coefficient (Wildman–Crippen LogP) is 4.81. The molecule has 0 aliphatic carbocycles. The summed E-state index contributed by atoms with van der Waals surface area (Å²) in [5.41, 5.74) is 1.88. The standard InChI is InChI=1S/C25H17Cl2N3O5/c1-35-25(34)15-7-11-18(12-8-15)29-22(31)14-5-9-17(10-6-14)28-21-20(27)23(32)30(24(21)33)19-4-2-3-16(26)13-19/h2-13,28H,1H3,(H,29,31). The van der Waals surface area contributed by atoms with Gasteiger partial charge in [0, 0.05) is 22.0 Å². The summed E-state index contributed by atoms with van der Waals surface area (Å²) in [5, 5.41) is 5.69. The van der Waals surface area contributed by atoms with Gasteiger partial charge in [0.15, 0.2) is 0 Å². The number of nitrogens with one attached hydrogen (secondary N) is 2. The van der Waals surface area contributed by atoms with Gasteiger partial charge >= 0.3 is 5.97 Å². The molecule has 1 aliphatic rings. The van der Waals surface area contributed by atoms with Crippen LogP contribution in [0.15, 0.2) is 83.5 Å². The van der Waals surface area contributed by atoms with E-state index in [1.807, 2.05) is 0 Å². The number of ether oxygens (including phenoxy) is 1. The second-order valence-corrected chi connectivity index (χ2v) is 8.15. The first kappa shape index (κ1) is 24.0. The highest BCUT2D eigenvalue weighted by Crippen LogP contribution is 2.31. The minimum absolute atomic E-state index is 0.0838. The van der Waals surface area contributed by atoms with Gasteiger partial charge in [0.05, 0.1) is 18.4 Å². The Kier molecular flexibility index (Phi) is 6.86. The fraction of sp³-hybridized carbons (Fsp3) is 0.0400. The van der Waals surface area contributed by atoms with E-state index in [1.54, 1.807) is 66.7 Å². The van der Waals surface area contributed by atoms with E-state index in [9.17, 15) is 19.2 Å². The summed E-state index contributed by atoms with van der Waals surface area (Å²) in [4.78, 5) is 50.4. The zero-order chi connectivity index (χ0) is 25.1. The molecule has 4 rings (SSSR count). The Hall–Kier alpha value is -4.14. The van der Waals surface area contributed by atoms with Crippen LogP contribution in [0, 0.1) is 0 Å². The number of amides is 3. The van der Waals surface area contributed by atoms with Crippen LogP contribution in [-0.2, 0) is 14.3 Å². The van der Waals surface area contributed by atoms with Crippen LogP contribution in [0.4, 0.5) is 17.1 Å². The van der Waals surface area contributed by atoms with Gasteiger partial charge in [-0.3, -0.25) is 14.4 Å². The van der Waals surface area contributed by atoms with Crippen molar-refractivity contribution >= 4 is 64.0 Å². The van der Waals surface area contributed by atoms with Crippen molar-refractivity contribution in [1.29, 1.82) is 0 Å². The molecule has 0 fully saturated rings. The maximum atomic E-state index is 12.9. The second-order valence-electron chi connectivity index (χ2n) is 7.34. The van der Waals surface area contributed by atoms with Crippen LogP contribution in [0.1, 0.15) is 20.7 Å². The summed E-state index contributed by atoms with van der Waals surface area (Å²) in [6.07, 6.45) is 0. The number of esters is 1. The number of anilines is 3. The molecule has 10 heteroatoms. The Morgan fingerprint density at radius 2 is 1.46 bits per heavy atom. The molecule has 0 bridgehead atoms. The number of carbonyl (C=O) groups is 4. The summed E-state index contributed by atoms with van der Waals surface area (Å²) in [5.74, 6) is -2.15. The van der Waals surface area contributed by atoms with E-state index in [2.05, 4.69) is 15.4 Å². The molecule has 0 aromatic heterocycles. The molecule has 35 heavy (non-hydrogen) atoms. The van der Waals surface area contributed by atoms with E-state index in [4.69, 9.17) is 23.2 Å². The first-order valence-corrected chi connectivity index (χ1v) is 10.9. The molecule has 0 saturated heterocycles. The zero-order valence-corrected chi connectivity index (χ0v) is 19.7. The summed E-state index contributed by atoms with van der Waals surface area (Å²) in [6, 6.07) is 18.8. The molecule has 2 N–H and O–H groups in total. The van der Waals surface area contributed by atoms with Crippen molar-refractivity contribution in [2.45, 2.75) is 0 Å². The average molecular weight is 510 g/mol. The molecule has 1 heterocycles. The van der Waals surface area contributed by atoms with E-state index in [0.717, 1.165) is 4.90 Å². The molecule has 8 nitrogen and oxygen atoms in total. The largest absolute Gasteiger partial charge is 0.465 e. The molecule has 0 radical (unpaired) electrons. The van der Waals surface area contributed by atoms with Crippen molar-refractivity contribution in [1.82, 2.24) is 0 Å². The molecule has 3 aromatic rings. The number of benzene rings is 3. The Morgan fingerprint density at radius 3 is 2.09 bits per heavy atom. The second kappa shape index (κ2) is 10.0. The number of hydrogen-bond donors (Lipinski definition) is 2. The number of rotatable bonds is 6. The topological polar surface area (TPSA) is 105 Å². The summed E-state index contributed by atoms with van der Waals surface area (Å²) < 4.78 is 4.65. The lowest BCUT2D eigenvalue weighted by atomic mass is 10.1.